The molecule has 1 aromatic carbocycles. The molecule has 0 radical (unpaired) electrons. The zero-order valence-electron chi connectivity index (χ0n) is 11.1. The Balaban J connectivity index is 2.49. The van der Waals surface area contributed by atoms with Crippen molar-refractivity contribution < 1.29 is 14.5 Å². The molecular weight excluding hydrogens is 262 g/mol. The average molecular weight is 275 g/mol. The number of carbonyl (C=O) groups excluding carboxylic acids is 1. The van der Waals surface area contributed by atoms with Crippen LogP contribution in [-0.4, -0.2) is 27.3 Å². The molecular formula is C13H13N3O4. The van der Waals surface area contributed by atoms with Crippen LogP contribution in [-0.2, 0) is 4.74 Å². The smallest absolute Gasteiger partial charge is 0.357 e. The predicted octanol–water partition coefficient (Wildman–Crippen LogP) is 2.27. The highest BCUT2D eigenvalue weighted by Gasteiger charge is 2.17. The maximum atomic E-state index is 11.9. The molecule has 0 fully saturated rings. The Morgan fingerprint density at radius 2 is 2.20 bits per heavy atom. The van der Waals surface area contributed by atoms with Crippen LogP contribution in [0.4, 0.5) is 5.69 Å². The van der Waals surface area contributed by atoms with Crippen LogP contribution in [0.15, 0.2) is 30.3 Å². The van der Waals surface area contributed by atoms with Gasteiger partial charge in [-0.15, -0.1) is 0 Å². The quantitative estimate of drug-likeness (QED) is 0.485. The van der Waals surface area contributed by atoms with Crippen LogP contribution in [0, 0.1) is 17.0 Å². The molecule has 0 aliphatic carbocycles. The Labute approximate surface area is 114 Å². The van der Waals surface area contributed by atoms with E-state index in [4.69, 9.17) is 4.74 Å². The van der Waals surface area contributed by atoms with Crippen LogP contribution in [0.25, 0.3) is 5.69 Å². The van der Waals surface area contributed by atoms with Crippen molar-refractivity contribution in [1.29, 1.82) is 0 Å². The van der Waals surface area contributed by atoms with Crippen molar-refractivity contribution in [3.8, 4) is 5.69 Å². The highest BCUT2D eigenvalue weighted by Crippen LogP contribution is 2.19. The van der Waals surface area contributed by atoms with Crippen LogP contribution in [0.1, 0.15) is 23.1 Å². The number of ether oxygens (including phenoxy) is 1. The zero-order valence-corrected chi connectivity index (χ0v) is 11.1. The number of nitro groups is 1. The Bertz CT molecular complexity index is 663. The van der Waals surface area contributed by atoms with Crippen LogP contribution in [0.5, 0.6) is 0 Å². The molecule has 20 heavy (non-hydrogen) atoms. The molecule has 0 atom stereocenters. The molecule has 0 aliphatic rings. The fraction of sp³-hybridized carbons (Fsp3) is 0.231. The first-order valence-corrected chi connectivity index (χ1v) is 6.01. The number of hydrogen-bond acceptors (Lipinski definition) is 5. The van der Waals surface area contributed by atoms with Gasteiger partial charge in [0.25, 0.3) is 5.69 Å². The summed E-state index contributed by atoms with van der Waals surface area (Å²) in [6, 6.07) is 7.50. The van der Waals surface area contributed by atoms with Crippen LogP contribution in [0.3, 0.4) is 0 Å². The monoisotopic (exact) mass is 275 g/mol. The van der Waals surface area contributed by atoms with E-state index >= 15 is 0 Å². The van der Waals surface area contributed by atoms with Gasteiger partial charge in [-0.2, -0.15) is 5.10 Å². The largest absolute Gasteiger partial charge is 0.461 e. The Morgan fingerprint density at radius 3 is 2.85 bits per heavy atom. The fourth-order valence-corrected chi connectivity index (χ4v) is 1.79. The maximum absolute atomic E-state index is 11.9. The third-order valence-corrected chi connectivity index (χ3v) is 2.60. The molecule has 1 heterocycles. The third kappa shape index (κ3) is 2.66. The topological polar surface area (TPSA) is 87.3 Å². The number of nitrogens with zero attached hydrogens (tertiary/aromatic N) is 3. The SMILES string of the molecule is CCOC(=O)c1cc(C)nn1-c1cccc([N+](=O)[O-])c1. The normalized spacial score (nSPS) is 10.3. The van der Waals surface area contributed by atoms with Gasteiger partial charge >= 0.3 is 5.97 Å². The summed E-state index contributed by atoms with van der Waals surface area (Å²) >= 11 is 0. The molecule has 0 spiro atoms. The lowest BCUT2D eigenvalue weighted by Gasteiger charge is -2.06. The molecule has 0 amide bonds. The van der Waals surface area contributed by atoms with Gasteiger partial charge in [-0.3, -0.25) is 10.1 Å². The average Bonchev–Trinajstić information content (AvgIpc) is 2.81. The second-order valence-corrected chi connectivity index (χ2v) is 4.08. The number of rotatable bonds is 4. The van der Waals surface area contributed by atoms with Crippen LogP contribution < -0.4 is 0 Å². The summed E-state index contributed by atoms with van der Waals surface area (Å²) in [5, 5.41) is 15.0. The van der Waals surface area contributed by atoms with Crippen molar-refractivity contribution in [3.05, 3.63) is 51.8 Å². The molecule has 0 unspecified atom stereocenters. The summed E-state index contributed by atoms with van der Waals surface area (Å²) in [6.45, 7) is 3.69. The van der Waals surface area contributed by atoms with Gasteiger partial charge in [-0.1, -0.05) is 6.07 Å². The molecule has 0 saturated carbocycles. The van der Waals surface area contributed by atoms with E-state index in [1.165, 1.54) is 16.8 Å². The van der Waals surface area contributed by atoms with Gasteiger partial charge in [0.2, 0.25) is 0 Å². The molecule has 2 rings (SSSR count). The van der Waals surface area contributed by atoms with Crippen molar-refractivity contribution in [2.75, 3.05) is 6.61 Å². The minimum atomic E-state index is -0.514. The van der Waals surface area contributed by atoms with Gasteiger partial charge < -0.3 is 4.74 Å². The Kier molecular flexibility index (Phi) is 3.79. The molecule has 0 bridgehead atoms. The number of nitro benzene ring substituents is 1. The Hall–Kier alpha value is -2.70. The zero-order chi connectivity index (χ0) is 14.7. The predicted molar refractivity (Wildman–Crippen MR) is 70.9 cm³/mol. The number of benzene rings is 1. The van der Waals surface area contributed by atoms with Crippen molar-refractivity contribution >= 4 is 11.7 Å². The summed E-state index contributed by atoms with van der Waals surface area (Å²) in [4.78, 5) is 22.2. The summed E-state index contributed by atoms with van der Waals surface area (Å²) in [7, 11) is 0. The second kappa shape index (κ2) is 5.52. The number of aryl methyl sites for hydroxylation is 1. The van der Waals surface area contributed by atoms with Gasteiger partial charge in [-0.05, 0) is 26.0 Å². The van der Waals surface area contributed by atoms with Crippen molar-refractivity contribution in [2.24, 2.45) is 0 Å². The van der Waals surface area contributed by atoms with Crippen molar-refractivity contribution in [3.63, 3.8) is 0 Å². The standard InChI is InChI=1S/C13H13N3O4/c1-3-20-13(17)12-7-9(2)14-15(12)10-5-4-6-11(8-10)16(18)19/h4-8H,3H2,1-2H3. The molecule has 2 aromatic rings. The summed E-state index contributed by atoms with van der Waals surface area (Å²) < 4.78 is 6.30. The summed E-state index contributed by atoms with van der Waals surface area (Å²) in [5.74, 6) is -0.514. The third-order valence-electron chi connectivity index (χ3n) is 2.60. The first-order chi connectivity index (χ1) is 9.52. The number of esters is 1. The van der Waals surface area contributed by atoms with Crippen molar-refractivity contribution in [2.45, 2.75) is 13.8 Å². The maximum Gasteiger partial charge on any atom is 0.357 e. The van der Waals surface area contributed by atoms with Gasteiger partial charge in [-0.25, -0.2) is 9.48 Å². The first-order valence-electron chi connectivity index (χ1n) is 6.01. The lowest BCUT2D eigenvalue weighted by molar-refractivity contribution is -0.384. The molecule has 0 N–H and O–H groups in total. The highest BCUT2D eigenvalue weighted by molar-refractivity contribution is 5.88. The molecule has 0 saturated heterocycles. The van der Waals surface area contributed by atoms with Crippen molar-refractivity contribution in [1.82, 2.24) is 9.78 Å². The summed E-state index contributed by atoms with van der Waals surface area (Å²) in [5.41, 5.74) is 1.24. The number of hydrogen-bond donors (Lipinski definition) is 0. The van der Waals surface area contributed by atoms with E-state index in [-0.39, 0.29) is 18.0 Å². The molecule has 104 valence electrons. The highest BCUT2D eigenvalue weighted by atomic mass is 16.6. The number of aromatic nitrogens is 2. The van der Waals surface area contributed by atoms with Gasteiger partial charge in [0.1, 0.15) is 0 Å². The number of non-ortho nitro benzene ring substituents is 1. The minimum Gasteiger partial charge on any atom is -0.461 e. The first kappa shape index (κ1) is 13.7. The van der Waals surface area contributed by atoms with E-state index in [0.29, 0.717) is 11.4 Å². The lowest BCUT2D eigenvalue weighted by atomic mass is 10.2. The summed E-state index contributed by atoms with van der Waals surface area (Å²) in [6.07, 6.45) is 0. The van der Waals surface area contributed by atoms with E-state index < -0.39 is 10.9 Å². The molecule has 7 nitrogen and oxygen atoms in total. The van der Waals surface area contributed by atoms with E-state index in [1.807, 2.05) is 0 Å². The molecule has 1 aromatic heterocycles. The van der Waals surface area contributed by atoms with E-state index in [0.717, 1.165) is 0 Å². The van der Waals surface area contributed by atoms with E-state index in [2.05, 4.69) is 5.10 Å². The number of carbonyl (C=O) groups is 1. The lowest BCUT2D eigenvalue weighted by Crippen LogP contribution is -2.12. The fourth-order valence-electron chi connectivity index (χ4n) is 1.79. The van der Waals surface area contributed by atoms with Crippen LogP contribution >= 0.6 is 0 Å². The van der Waals surface area contributed by atoms with E-state index in [1.54, 1.807) is 32.0 Å². The van der Waals surface area contributed by atoms with Gasteiger partial charge in [0.05, 0.1) is 22.9 Å². The molecule has 7 heteroatoms. The Morgan fingerprint density at radius 1 is 1.45 bits per heavy atom. The van der Waals surface area contributed by atoms with Gasteiger partial charge in [0.15, 0.2) is 5.69 Å². The van der Waals surface area contributed by atoms with E-state index in [9.17, 15) is 14.9 Å². The minimum absolute atomic E-state index is 0.0644. The molecule has 0 aliphatic heterocycles. The second-order valence-electron chi connectivity index (χ2n) is 4.08. The van der Waals surface area contributed by atoms with Gasteiger partial charge in [0, 0.05) is 12.1 Å². The van der Waals surface area contributed by atoms with Crippen LogP contribution in [0.2, 0.25) is 0 Å².